The van der Waals surface area contributed by atoms with Gasteiger partial charge in [0.2, 0.25) is 5.88 Å². The van der Waals surface area contributed by atoms with E-state index in [4.69, 9.17) is 4.74 Å². The second-order valence-electron chi connectivity index (χ2n) is 6.70. The van der Waals surface area contributed by atoms with Gasteiger partial charge in [-0.15, -0.1) is 0 Å². The maximum atomic E-state index is 12.8. The topological polar surface area (TPSA) is 77.3 Å². The van der Waals surface area contributed by atoms with Gasteiger partial charge >= 0.3 is 0 Å². The zero-order chi connectivity index (χ0) is 18.7. The quantitative estimate of drug-likeness (QED) is 0.771. The third-order valence-electron chi connectivity index (χ3n) is 4.89. The molecule has 0 aromatic carbocycles. The third-order valence-corrected chi connectivity index (χ3v) is 6.66. The number of nitrogens with zero attached hydrogens (tertiary/aromatic N) is 4. The number of sulfonamides is 1. The SMILES string of the molecule is CCn1cc(S(=O)(=O)N2CCC(COc3ncccc3C)CC2)nc1C. The highest BCUT2D eigenvalue weighted by Crippen LogP contribution is 2.24. The first kappa shape index (κ1) is 18.8. The summed E-state index contributed by atoms with van der Waals surface area (Å²) in [6.45, 7) is 8.03. The van der Waals surface area contributed by atoms with Crippen LogP contribution in [-0.2, 0) is 16.6 Å². The maximum Gasteiger partial charge on any atom is 0.262 e. The first-order chi connectivity index (χ1) is 12.4. The van der Waals surface area contributed by atoms with E-state index < -0.39 is 10.0 Å². The summed E-state index contributed by atoms with van der Waals surface area (Å²) in [4.78, 5) is 8.47. The van der Waals surface area contributed by atoms with Crippen molar-refractivity contribution in [3.63, 3.8) is 0 Å². The normalized spacial score (nSPS) is 16.7. The van der Waals surface area contributed by atoms with Crippen LogP contribution in [0.4, 0.5) is 0 Å². The smallest absolute Gasteiger partial charge is 0.262 e. The van der Waals surface area contributed by atoms with Gasteiger partial charge < -0.3 is 9.30 Å². The standard InChI is InChI=1S/C18H26N4O3S/c1-4-21-12-17(20-15(21)3)26(23,24)22-10-7-16(8-11-22)13-25-18-14(2)6-5-9-19-18/h5-6,9,12,16H,4,7-8,10-11,13H2,1-3H3. The molecule has 3 heterocycles. The Labute approximate surface area is 155 Å². The molecule has 26 heavy (non-hydrogen) atoms. The molecule has 7 nitrogen and oxygen atoms in total. The predicted molar refractivity (Wildman–Crippen MR) is 98.6 cm³/mol. The van der Waals surface area contributed by atoms with Gasteiger partial charge in [-0.05, 0) is 45.6 Å². The molecule has 0 atom stereocenters. The van der Waals surface area contributed by atoms with Crippen molar-refractivity contribution < 1.29 is 13.2 Å². The van der Waals surface area contributed by atoms with Gasteiger partial charge in [-0.1, -0.05) is 6.07 Å². The summed E-state index contributed by atoms with van der Waals surface area (Å²) < 4.78 is 34.8. The van der Waals surface area contributed by atoms with Gasteiger partial charge in [0.05, 0.1) is 6.61 Å². The number of pyridine rings is 1. The number of rotatable bonds is 6. The molecule has 2 aromatic rings. The Kier molecular flexibility index (Phi) is 5.62. The summed E-state index contributed by atoms with van der Waals surface area (Å²) in [7, 11) is -3.52. The summed E-state index contributed by atoms with van der Waals surface area (Å²) in [5.74, 6) is 1.71. The molecule has 0 radical (unpaired) electrons. The van der Waals surface area contributed by atoms with Gasteiger partial charge in [-0.3, -0.25) is 0 Å². The molecule has 0 unspecified atom stereocenters. The highest BCUT2D eigenvalue weighted by atomic mass is 32.2. The van der Waals surface area contributed by atoms with Crippen molar-refractivity contribution in [1.29, 1.82) is 0 Å². The Hall–Kier alpha value is -1.93. The molecule has 0 spiro atoms. The van der Waals surface area contributed by atoms with Crippen LogP contribution in [0, 0.1) is 19.8 Å². The van der Waals surface area contributed by atoms with Gasteiger partial charge in [-0.25, -0.2) is 18.4 Å². The number of hydrogen-bond acceptors (Lipinski definition) is 5. The van der Waals surface area contributed by atoms with E-state index in [2.05, 4.69) is 9.97 Å². The predicted octanol–water partition coefficient (Wildman–Crippen LogP) is 2.39. The van der Waals surface area contributed by atoms with E-state index in [0.717, 1.165) is 24.2 Å². The van der Waals surface area contributed by atoms with E-state index in [1.165, 1.54) is 4.31 Å². The number of ether oxygens (including phenoxy) is 1. The lowest BCUT2D eigenvalue weighted by Crippen LogP contribution is -2.39. The Morgan fingerprint density at radius 1 is 1.27 bits per heavy atom. The molecule has 1 fully saturated rings. The summed E-state index contributed by atoms with van der Waals surface area (Å²) in [6, 6.07) is 3.85. The zero-order valence-electron chi connectivity index (χ0n) is 15.6. The average molecular weight is 378 g/mol. The lowest BCUT2D eigenvalue weighted by Gasteiger charge is -2.30. The fourth-order valence-corrected chi connectivity index (χ4v) is 4.66. The van der Waals surface area contributed by atoms with Crippen molar-refractivity contribution in [3.05, 3.63) is 35.9 Å². The van der Waals surface area contributed by atoms with Crippen LogP contribution in [0.5, 0.6) is 5.88 Å². The van der Waals surface area contributed by atoms with Gasteiger partial charge in [0.25, 0.3) is 10.0 Å². The van der Waals surface area contributed by atoms with E-state index in [0.29, 0.717) is 38.0 Å². The minimum Gasteiger partial charge on any atom is -0.477 e. The van der Waals surface area contributed by atoms with Crippen molar-refractivity contribution in [2.24, 2.45) is 5.92 Å². The van der Waals surface area contributed by atoms with Crippen molar-refractivity contribution in [2.75, 3.05) is 19.7 Å². The molecule has 1 saturated heterocycles. The second kappa shape index (κ2) is 7.75. The van der Waals surface area contributed by atoms with Crippen molar-refractivity contribution >= 4 is 10.0 Å². The van der Waals surface area contributed by atoms with Crippen LogP contribution >= 0.6 is 0 Å². The minimum atomic E-state index is -3.52. The fourth-order valence-electron chi connectivity index (χ4n) is 3.19. The van der Waals surface area contributed by atoms with Crippen molar-refractivity contribution in [2.45, 2.75) is 45.2 Å². The monoisotopic (exact) mass is 378 g/mol. The Balaban J connectivity index is 1.58. The van der Waals surface area contributed by atoms with Crippen LogP contribution in [-0.4, -0.2) is 47.0 Å². The van der Waals surface area contributed by atoms with Gasteiger partial charge in [-0.2, -0.15) is 4.31 Å². The summed E-state index contributed by atoms with van der Waals surface area (Å²) >= 11 is 0. The van der Waals surface area contributed by atoms with Crippen LogP contribution in [0.2, 0.25) is 0 Å². The number of imidazole rings is 1. The van der Waals surface area contributed by atoms with Gasteiger partial charge in [0.15, 0.2) is 5.03 Å². The molecule has 1 aliphatic rings. The zero-order valence-corrected chi connectivity index (χ0v) is 16.4. The van der Waals surface area contributed by atoms with E-state index in [9.17, 15) is 8.42 Å². The molecule has 8 heteroatoms. The molecule has 1 aliphatic heterocycles. The van der Waals surface area contributed by atoms with Crippen molar-refractivity contribution in [3.8, 4) is 5.88 Å². The molecule has 0 bridgehead atoms. The molecule has 0 amide bonds. The highest BCUT2D eigenvalue weighted by Gasteiger charge is 2.31. The van der Waals surface area contributed by atoms with Crippen LogP contribution in [0.3, 0.4) is 0 Å². The molecular weight excluding hydrogens is 352 g/mol. The number of piperidine rings is 1. The molecule has 0 aliphatic carbocycles. The van der Waals surface area contributed by atoms with E-state index in [-0.39, 0.29) is 5.03 Å². The molecule has 0 N–H and O–H groups in total. The van der Waals surface area contributed by atoms with E-state index in [1.807, 2.05) is 37.5 Å². The summed E-state index contributed by atoms with van der Waals surface area (Å²) in [5, 5.41) is 0.149. The lowest BCUT2D eigenvalue weighted by atomic mass is 9.99. The fraction of sp³-hybridized carbons (Fsp3) is 0.556. The number of hydrogen-bond donors (Lipinski definition) is 0. The summed E-state index contributed by atoms with van der Waals surface area (Å²) in [6.07, 6.45) is 4.90. The van der Waals surface area contributed by atoms with Crippen LogP contribution in [0.1, 0.15) is 31.2 Å². The highest BCUT2D eigenvalue weighted by molar-refractivity contribution is 7.89. The summed E-state index contributed by atoms with van der Waals surface area (Å²) in [5.41, 5.74) is 1.01. The Morgan fingerprint density at radius 2 is 2.00 bits per heavy atom. The van der Waals surface area contributed by atoms with Gasteiger partial charge in [0, 0.05) is 37.6 Å². The largest absolute Gasteiger partial charge is 0.477 e. The minimum absolute atomic E-state index is 0.149. The number of aromatic nitrogens is 3. The van der Waals surface area contributed by atoms with E-state index in [1.54, 1.807) is 12.4 Å². The third kappa shape index (κ3) is 3.91. The molecule has 2 aromatic heterocycles. The lowest BCUT2D eigenvalue weighted by molar-refractivity contribution is 0.180. The Morgan fingerprint density at radius 3 is 2.62 bits per heavy atom. The first-order valence-electron chi connectivity index (χ1n) is 9.00. The molecule has 3 rings (SSSR count). The van der Waals surface area contributed by atoms with Crippen LogP contribution in [0.25, 0.3) is 0 Å². The first-order valence-corrected chi connectivity index (χ1v) is 10.4. The van der Waals surface area contributed by atoms with Crippen molar-refractivity contribution in [1.82, 2.24) is 18.8 Å². The Bertz CT molecular complexity index is 855. The second-order valence-corrected chi connectivity index (χ2v) is 8.58. The van der Waals surface area contributed by atoms with Crippen LogP contribution < -0.4 is 4.74 Å². The van der Waals surface area contributed by atoms with Crippen LogP contribution in [0.15, 0.2) is 29.6 Å². The maximum absolute atomic E-state index is 12.8. The molecule has 142 valence electrons. The molecular formula is C18H26N4O3S. The molecule has 0 saturated carbocycles. The van der Waals surface area contributed by atoms with E-state index >= 15 is 0 Å². The van der Waals surface area contributed by atoms with Gasteiger partial charge in [0.1, 0.15) is 5.82 Å². The average Bonchev–Trinajstić information content (AvgIpc) is 3.03. The number of aryl methyl sites for hydroxylation is 3.